The van der Waals surface area contributed by atoms with Crippen LogP contribution in [0.1, 0.15) is 30.7 Å². The molecule has 3 atom stereocenters. The Bertz CT molecular complexity index is 511. The molecule has 0 aliphatic carbocycles. The first-order valence-electron chi connectivity index (χ1n) is 7.30. The van der Waals surface area contributed by atoms with Gasteiger partial charge in [-0.25, -0.2) is 0 Å². The van der Waals surface area contributed by atoms with Gasteiger partial charge in [-0.3, -0.25) is 4.79 Å². The van der Waals surface area contributed by atoms with Crippen LogP contribution in [0.4, 0.5) is 0 Å². The van der Waals surface area contributed by atoms with Gasteiger partial charge < -0.3 is 9.84 Å². The molecular formula is C16H19BrO3S. The van der Waals surface area contributed by atoms with Gasteiger partial charge in [-0.1, -0.05) is 28.1 Å². The maximum Gasteiger partial charge on any atom is 0.311 e. The Labute approximate surface area is 137 Å². The summed E-state index contributed by atoms with van der Waals surface area (Å²) in [7, 11) is 0. The van der Waals surface area contributed by atoms with Crippen molar-refractivity contribution < 1.29 is 14.6 Å². The molecule has 1 aromatic carbocycles. The molecule has 0 radical (unpaired) electrons. The molecule has 2 saturated heterocycles. The van der Waals surface area contributed by atoms with E-state index in [4.69, 9.17) is 4.74 Å². The highest BCUT2D eigenvalue weighted by molar-refractivity contribution is 9.10. The molecule has 1 N–H and O–H groups in total. The van der Waals surface area contributed by atoms with Gasteiger partial charge >= 0.3 is 5.97 Å². The third-order valence-corrected chi connectivity index (χ3v) is 6.32. The molecule has 5 heteroatoms. The van der Waals surface area contributed by atoms with Crippen molar-refractivity contribution in [2.24, 2.45) is 5.92 Å². The Kier molecular flexibility index (Phi) is 4.62. The quantitative estimate of drug-likeness (QED) is 0.875. The number of hydrogen-bond acceptors (Lipinski definition) is 3. The van der Waals surface area contributed by atoms with Gasteiger partial charge in [0, 0.05) is 16.8 Å². The first-order chi connectivity index (χ1) is 10.1. The van der Waals surface area contributed by atoms with E-state index in [1.165, 1.54) is 0 Å². The van der Waals surface area contributed by atoms with Crippen molar-refractivity contribution in [3.63, 3.8) is 0 Å². The molecular weight excluding hydrogens is 352 g/mol. The summed E-state index contributed by atoms with van der Waals surface area (Å²) in [5.41, 5.74) is 0.829. The SMILES string of the molecule is O=C(O)C(c1ccc(Br)cc1)C1CCOC2(CCSC2)C1. The second-order valence-electron chi connectivity index (χ2n) is 5.95. The zero-order chi connectivity index (χ0) is 14.9. The summed E-state index contributed by atoms with van der Waals surface area (Å²) in [5, 5.41) is 9.72. The molecule has 0 aromatic heterocycles. The Morgan fingerprint density at radius 2 is 2.19 bits per heavy atom. The van der Waals surface area contributed by atoms with Gasteiger partial charge in [-0.05, 0) is 48.6 Å². The molecule has 3 rings (SSSR count). The van der Waals surface area contributed by atoms with Crippen LogP contribution < -0.4 is 0 Å². The standard InChI is InChI=1S/C16H19BrO3S/c17-13-3-1-11(2-4-13)14(15(18)19)12-5-7-20-16(9-12)6-8-21-10-16/h1-4,12,14H,5-10H2,(H,18,19). The molecule has 3 unspecified atom stereocenters. The summed E-state index contributed by atoms with van der Waals surface area (Å²) >= 11 is 5.33. The van der Waals surface area contributed by atoms with Crippen LogP contribution >= 0.6 is 27.7 Å². The van der Waals surface area contributed by atoms with Crippen LogP contribution in [0, 0.1) is 5.92 Å². The smallest absolute Gasteiger partial charge is 0.311 e. The molecule has 2 aliphatic rings. The van der Waals surface area contributed by atoms with Crippen LogP contribution in [-0.4, -0.2) is 34.8 Å². The highest BCUT2D eigenvalue weighted by Crippen LogP contribution is 2.44. The van der Waals surface area contributed by atoms with Crippen molar-refractivity contribution in [3.8, 4) is 0 Å². The minimum atomic E-state index is -0.718. The molecule has 21 heavy (non-hydrogen) atoms. The fourth-order valence-corrected chi connectivity index (χ4v) is 5.14. The van der Waals surface area contributed by atoms with E-state index >= 15 is 0 Å². The lowest BCUT2D eigenvalue weighted by atomic mass is 9.75. The van der Waals surface area contributed by atoms with Crippen LogP contribution in [-0.2, 0) is 9.53 Å². The zero-order valence-electron chi connectivity index (χ0n) is 11.8. The summed E-state index contributed by atoms with van der Waals surface area (Å²) in [5.74, 6) is 1.16. The third kappa shape index (κ3) is 3.30. The molecule has 2 aliphatic heterocycles. The van der Waals surface area contributed by atoms with Gasteiger partial charge in [0.15, 0.2) is 0 Å². The number of aliphatic carboxylic acids is 1. The van der Waals surface area contributed by atoms with Crippen molar-refractivity contribution in [1.82, 2.24) is 0 Å². The van der Waals surface area contributed by atoms with E-state index in [2.05, 4.69) is 15.9 Å². The number of benzene rings is 1. The fourth-order valence-electron chi connectivity index (χ4n) is 3.50. The minimum Gasteiger partial charge on any atom is -0.481 e. The van der Waals surface area contributed by atoms with Gasteiger partial charge in [0.1, 0.15) is 0 Å². The van der Waals surface area contributed by atoms with E-state index < -0.39 is 11.9 Å². The van der Waals surface area contributed by atoms with Gasteiger partial charge in [0.05, 0.1) is 11.5 Å². The van der Waals surface area contributed by atoms with Crippen molar-refractivity contribution in [3.05, 3.63) is 34.3 Å². The summed E-state index contributed by atoms with van der Waals surface area (Å²) in [6.45, 7) is 0.686. The van der Waals surface area contributed by atoms with Gasteiger partial charge in [-0.15, -0.1) is 0 Å². The molecule has 3 nitrogen and oxygen atoms in total. The summed E-state index contributed by atoms with van der Waals surface area (Å²) in [6.07, 6.45) is 2.76. The van der Waals surface area contributed by atoms with E-state index in [1.807, 2.05) is 36.0 Å². The van der Waals surface area contributed by atoms with Crippen LogP contribution in [0.15, 0.2) is 28.7 Å². The van der Waals surface area contributed by atoms with Crippen LogP contribution in [0.25, 0.3) is 0 Å². The normalized spacial score (nSPS) is 30.4. The molecule has 2 heterocycles. The fraction of sp³-hybridized carbons (Fsp3) is 0.562. The molecule has 0 saturated carbocycles. The maximum absolute atomic E-state index is 11.8. The van der Waals surface area contributed by atoms with Gasteiger partial charge in [-0.2, -0.15) is 11.8 Å². The number of carboxylic acid groups (broad SMARTS) is 1. The lowest BCUT2D eigenvalue weighted by Gasteiger charge is -2.40. The van der Waals surface area contributed by atoms with Crippen molar-refractivity contribution in [2.45, 2.75) is 30.8 Å². The monoisotopic (exact) mass is 370 g/mol. The molecule has 0 amide bonds. The van der Waals surface area contributed by atoms with Gasteiger partial charge in [0.25, 0.3) is 0 Å². The van der Waals surface area contributed by atoms with Crippen LogP contribution in [0.2, 0.25) is 0 Å². The summed E-state index contributed by atoms with van der Waals surface area (Å²) < 4.78 is 7.00. The number of halogens is 1. The second-order valence-corrected chi connectivity index (χ2v) is 7.98. The maximum atomic E-state index is 11.8. The zero-order valence-corrected chi connectivity index (χ0v) is 14.2. The predicted molar refractivity (Wildman–Crippen MR) is 87.9 cm³/mol. The molecule has 2 fully saturated rings. The van der Waals surface area contributed by atoms with Crippen LogP contribution in [0.5, 0.6) is 0 Å². The first-order valence-corrected chi connectivity index (χ1v) is 9.24. The van der Waals surface area contributed by atoms with Crippen molar-refractivity contribution in [2.75, 3.05) is 18.1 Å². The average molecular weight is 371 g/mol. The lowest BCUT2D eigenvalue weighted by Crippen LogP contribution is -2.42. The van der Waals surface area contributed by atoms with E-state index in [9.17, 15) is 9.90 Å². The number of carboxylic acids is 1. The number of carbonyl (C=O) groups is 1. The molecule has 1 spiro atoms. The number of rotatable bonds is 3. The minimum absolute atomic E-state index is 0.0728. The van der Waals surface area contributed by atoms with E-state index in [0.29, 0.717) is 6.61 Å². The van der Waals surface area contributed by atoms with Crippen molar-refractivity contribution >= 4 is 33.7 Å². The van der Waals surface area contributed by atoms with Crippen molar-refractivity contribution in [1.29, 1.82) is 0 Å². The second kappa shape index (κ2) is 6.31. The summed E-state index contributed by atoms with van der Waals surface area (Å²) in [6, 6.07) is 7.69. The number of hydrogen-bond donors (Lipinski definition) is 1. The average Bonchev–Trinajstić information content (AvgIpc) is 2.89. The van der Waals surface area contributed by atoms with E-state index in [0.717, 1.165) is 40.8 Å². The molecule has 114 valence electrons. The largest absolute Gasteiger partial charge is 0.481 e. The van der Waals surface area contributed by atoms with E-state index in [-0.39, 0.29) is 11.5 Å². The lowest BCUT2D eigenvalue weighted by molar-refractivity contribution is -0.143. The van der Waals surface area contributed by atoms with E-state index in [1.54, 1.807) is 0 Å². The third-order valence-electron chi connectivity index (χ3n) is 4.56. The molecule has 0 bridgehead atoms. The highest BCUT2D eigenvalue weighted by Gasteiger charge is 2.44. The topological polar surface area (TPSA) is 46.5 Å². The number of ether oxygens (including phenoxy) is 1. The Hall–Kier alpha value is -0.520. The Balaban J connectivity index is 1.83. The van der Waals surface area contributed by atoms with Crippen LogP contribution in [0.3, 0.4) is 0 Å². The summed E-state index contributed by atoms with van der Waals surface area (Å²) in [4.78, 5) is 11.8. The van der Waals surface area contributed by atoms with Gasteiger partial charge in [0.2, 0.25) is 0 Å². The Morgan fingerprint density at radius 1 is 1.43 bits per heavy atom. The first kappa shape index (κ1) is 15.4. The predicted octanol–water partition coefficient (Wildman–Crippen LogP) is 3.92. The molecule has 1 aromatic rings. The number of thioether (sulfide) groups is 1. The highest BCUT2D eigenvalue weighted by atomic mass is 79.9. The Morgan fingerprint density at radius 3 is 2.81 bits per heavy atom.